The van der Waals surface area contributed by atoms with Crippen molar-refractivity contribution in [2.24, 2.45) is 0 Å². The first-order valence-corrected chi connectivity index (χ1v) is 9.17. The van der Waals surface area contributed by atoms with Crippen LogP contribution in [0.2, 0.25) is 0 Å². The number of fused-ring (bicyclic) bond motifs is 1. The minimum Gasteiger partial charge on any atom is -0.394 e. The van der Waals surface area contributed by atoms with E-state index in [2.05, 4.69) is 21.8 Å². The maximum atomic E-state index is 10.6. The van der Waals surface area contributed by atoms with E-state index in [-0.39, 0.29) is 6.61 Å². The average Bonchev–Trinajstić information content (AvgIpc) is 3.24. The van der Waals surface area contributed by atoms with Gasteiger partial charge in [-0.15, -0.1) is 0 Å². The Morgan fingerprint density at radius 1 is 1.28 bits per heavy atom. The maximum Gasteiger partial charge on any atom is 0.167 e. The largest absolute Gasteiger partial charge is 0.394 e. The number of aliphatic hydroxyl groups excluding tert-OH is 2. The van der Waals surface area contributed by atoms with Crippen LogP contribution in [0.25, 0.3) is 11.0 Å². The highest BCUT2D eigenvalue weighted by atomic mass is 16.6. The third-order valence-electron chi connectivity index (χ3n) is 5.36. The van der Waals surface area contributed by atoms with E-state index in [1.165, 1.54) is 13.4 Å². The Morgan fingerprint density at radius 3 is 2.72 bits per heavy atom. The summed E-state index contributed by atoms with van der Waals surface area (Å²) < 4.78 is 13.3. The molecule has 0 amide bonds. The molecule has 3 aromatic rings. The molecule has 4 N–H and O–H groups in total. The topological polar surface area (TPSA) is 116 Å². The van der Waals surface area contributed by atoms with Crippen molar-refractivity contribution in [1.82, 2.24) is 14.5 Å². The first-order valence-electron chi connectivity index (χ1n) is 9.17. The van der Waals surface area contributed by atoms with E-state index in [1.807, 2.05) is 30.3 Å². The number of nitrogen functional groups attached to an aromatic ring is 1. The number of hydrogen-bond donors (Lipinski definition) is 3. The monoisotopic (exact) mass is 394 g/mol. The Kier molecular flexibility index (Phi) is 4.98. The number of benzene rings is 1. The first kappa shape index (κ1) is 19.4. The molecule has 2 aromatic heterocycles. The van der Waals surface area contributed by atoms with Crippen molar-refractivity contribution in [3.8, 4) is 11.8 Å². The molecule has 1 aliphatic rings. The van der Waals surface area contributed by atoms with Crippen LogP contribution in [0.3, 0.4) is 0 Å². The summed E-state index contributed by atoms with van der Waals surface area (Å²) >= 11 is 0. The van der Waals surface area contributed by atoms with Crippen molar-refractivity contribution in [1.29, 1.82) is 0 Å². The van der Waals surface area contributed by atoms with Gasteiger partial charge in [0, 0.05) is 18.9 Å². The van der Waals surface area contributed by atoms with Crippen molar-refractivity contribution < 1.29 is 19.7 Å². The molecule has 29 heavy (non-hydrogen) atoms. The Labute approximate surface area is 167 Å². The quantitative estimate of drug-likeness (QED) is 0.569. The van der Waals surface area contributed by atoms with Crippen LogP contribution in [0.4, 0.5) is 5.82 Å². The van der Waals surface area contributed by atoms with Crippen LogP contribution in [-0.4, -0.2) is 56.3 Å². The fourth-order valence-electron chi connectivity index (χ4n) is 3.64. The molecule has 1 saturated heterocycles. The molecule has 0 saturated carbocycles. The lowest BCUT2D eigenvalue weighted by molar-refractivity contribution is -0.118. The van der Waals surface area contributed by atoms with Crippen molar-refractivity contribution in [3.63, 3.8) is 0 Å². The molecule has 1 aromatic carbocycles. The number of aliphatic hydroxyl groups is 2. The first-order chi connectivity index (χ1) is 14.0. The van der Waals surface area contributed by atoms with E-state index in [0.29, 0.717) is 22.4 Å². The number of aromatic nitrogens is 3. The molecule has 0 aliphatic carbocycles. The van der Waals surface area contributed by atoms with E-state index >= 15 is 0 Å². The van der Waals surface area contributed by atoms with Gasteiger partial charge in [0.2, 0.25) is 0 Å². The predicted molar refractivity (Wildman–Crippen MR) is 107 cm³/mol. The van der Waals surface area contributed by atoms with Crippen LogP contribution < -0.4 is 5.73 Å². The summed E-state index contributed by atoms with van der Waals surface area (Å²) in [5.74, 6) is 6.54. The van der Waals surface area contributed by atoms with Gasteiger partial charge in [-0.3, -0.25) is 0 Å². The fraction of sp³-hybridized carbons (Fsp3) is 0.333. The third-order valence-corrected chi connectivity index (χ3v) is 5.36. The standard InChI is InChI=1S/C21H22N4O4/c1-21(28-2)17(27)15(11-26)29-20(21)25-10-14(9-8-13-6-4-3-5-7-13)16-18(22)23-12-24-19(16)25/h3-7,10,12,15,17,20,26-27H,11H2,1-2H3,(H2,22,23,24)/t15-,17-,20-,21-/m1/s1. The maximum absolute atomic E-state index is 10.6. The zero-order valence-corrected chi connectivity index (χ0v) is 16.1. The Hall–Kier alpha value is -2.96. The van der Waals surface area contributed by atoms with Gasteiger partial charge in [-0.25, -0.2) is 9.97 Å². The highest BCUT2D eigenvalue weighted by Crippen LogP contribution is 2.42. The SMILES string of the molecule is CO[C@]1(C)[C@H](O)[C@@H](CO)O[C@H]1n1cc(C#Cc2ccccc2)c2c(N)ncnc21. The Morgan fingerprint density at radius 2 is 2.03 bits per heavy atom. The molecule has 1 fully saturated rings. The summed E-state index contributed by atoms with van der Waals surface area (Å²) in [7, 11) is 1.49. The van der Waals surface area contributed by atoms with Gasteiger partial charge in [-0.2, -0.15) is 0 Å². The zero-order valence-electron chi connectivity index (χ0n) is 16.1. The summed E-state index contributed by atoms with van der Waals surface area (Å²) in [5.41, 5.74) is 7.02. The van der Waals surface area contributed by atoms with Gasteiger partial charge in [-0.05, 0) is 19.1 Å². The highest BCUT2D eigenvalue weighted by molar-refractivity contribution is 5.92. The Bertz CT molecular complexity index is 1090. The lowest BCUT2D eigenvalue weighted by atomic mass is 9.96. The number of rotatable bonds is 3. The van der Waals surface area contributed by atoms with Gasteiger partial charge in [0.15, 0.2) is 6.23 Å². The van der Waals surface area contributed by atoms with E-state index < -0.39 is 24.0 Å². The number of methoxy groups -OCH3 is 1. The van der Waals surface area contributed by atoms with Crippen molar-refractivity contribution in [2.75, 3.05) is 19.5 Å². The summed E-state index contributed by atoms with van der Waals surface area (Å²) in [6.45, 7) is 1.39. The van der Waals surface area contributed by atoms with Gasteiger partial charge >= 0.3 is 0 Å². The predicted octanol–water partition coefficient (Wildman–Crippen LogP) is 1.07. The molecule has 0 unspecified atom stereocenters. The molecule has 0 spiro atoms. The van der Waals surface area contributed by atoms with E-state index in [9.17, 15) is 10.2 Å². The normalized spacial score (nSPS) is 26.4. The second kappa shape index (κ2) is 7.46. The van der Waals surface area contributed by atoms with E-state index in [4.69, 9.17) is 15.2 Å². The molecular weight excluding hydrogens is 372 g/mol. The third kappa shape index (κ3) is 3.14. The summed E-state index contributed by atoms with van der Waals surface area (Å²) in [4.78, 5) is 8.45. The molecule has 3 heterocycles. The van der Waals surface area contributed by atoms with Gasteiger partial charge < -0.3 is 30.0 Å². The molecule has 1 aliphatic heterocycles. The smallest absolute Gasteiger partial charge is 0.167 e. The van der Waals surface area contributed by atoms with Crippen LogP contribution in [0.1, 0.15) is 24.3 Å². The number of anilines is 1. The second-order valence-electron chi connectivity index (χ2n) is 7.07. The highest BCUT2D eigenvalue weighted by Gasteiger charge is 2.54. The van der Waals surface area contributed by atoms with Crippen molar-refractivity contribution >= 4 is 16.9 Å². The molecule has 8 nitrogen and oxygen atoms in total. The van der Waals surface area contributed by atoms with Crippen LogP contribution >= 0.6 is 0 Å². The molecular formula is C21H22N4O4. The van der Waals surface area contributed by atoms with Crippen molar-refractivity contribution in [3.05, 3.63) is 54.0 Å². The molecule has 0 bridgehead atoms. The summed E-state index contributed by atoms with van der Waals surface area (Å²) in [5, 5.41) is 20.8. The summed E-state index contributed by atoms with van der Waals surface area (Å²) in [6.07, 6.45) is 0.559. The minimum absolute atomic E-state index is 0.294. The van der Waals surface area contributed by atoms with Crippen LogP contribution in [0, 0.1) is 11.8 Å². The van der Waals surface area contributed by atoms with Gasteiger partial charge in [0.1, 0.15) is 35.6 Å². The number of hydrogen-bond acceptors (Lipinski definition) is 7. The van der Waals surface area contributed by atoms with Crippen LogP contribution in [0.15, 0.2) is 42.9 Å². The van der Waals surface area contributed by atoms with Crippen molar-refractivity contribution in [2.45, 2.75) is 31.0 Å². The molecule has 4 atom stereocenters. The van der Waals surface area contributed by atoms with Gasteiger partial charge in [0.05, 0.1) is 17.6 Å². The van der Waals surface area contributed by atoms with E-state index in [0.717, 1.165) is 5.56 Å². The van der Waals surface area contributed by atoms with Crippen LogP contribution in [0.5, 0.6) is 0 Å². The lowest BCUT2D eigenvalue weighted by Crippen LogP contribution is -2.46. The number of nitrogens with zero attached hydrogens (tertiary/aromatic N) is 3. The van der Waals surface area contributed by atoms with Crippen LogP contribution in [-0.2, 0) is 9.47 Å². The Balaban J connectivity index is 1.87. The second-order valence-corrected chi connectivity index (χ2v) is 7.07. The fourth-order valence-corrected chi connectivity index (χ4v) is 3.64. The summed E-state index contributed by atoms with van der Waals surface area (Å²) in [6, 6.07) is 9.58. The average molecular weight is 394 g/mol. The molecule has 4 rings (SSSR count). The number of ether oxygens (including phenoxy) is 2. The van der Waals surface area contributed by atoms with Gasteiger partial charge in [0.25, 0.3) is 0 Å². The van der Waals surface area contributed by atoms with E-state index in [1.54, 1.807) is 17.7 Å². The lowest BCUT2D eigenvalue weighted by Gasteiger charge is -2.31. The minimum atomic E-state index is -1.11. The zero-order chi connectivity index (χ0) is 20.6. The molecule has 150 valence electrons. The molecule has 0 radical (unpaired) electrons. The molecule has 8 heteroatoms. The van der Waals surface area contributed by atoms with Gasteiger partial charge in [-0.1, -0.05) is 30.0 Å². The number of nitrogens with two attached hydrogens (primary N) is 1.